The first-order valence-electron chi connectivity index (χ1n) is 7.41. The molecule has 1 aliphatic heterocycles. The molecule has 0 fully saturated rings. The third kappa shape index (κ3) is 3.18. The Hall–Kier alpha value is -1.78. The summed E-state index contributed by atoms with van der Waals surface area (Å²) in [6.07, 6.45) is 1.01. The molecule has 0 bridgehead atoms. The molecule has 0 unspecified atom stereocenters. The van der Waals surface area contributed by atoms with Crippen LogP contribution in [0.15, 0.2) is 53.4 Å². The average molecular weight is 313 g/mol. The number of amides is 1. The van der Waals surface area contributed by atoms with Crippen LogP contribution in [0, 0.1) is 0 Å². The second-order valence-corrected chi connectivity index (χ2v) is 6.39. The lowest BCUT2D eigenvalue weighted by atomic mass is 10.1. The first kappa shape index (κ1) is 15.1. The largest absolute Gasteiger partial charge is 0.380 e. The van der Waals surface area contributed by atoms with Crippen molar-refractivity contribution in [3.8, 4) is 0 Å². The molecule has 2 aromatic rings. The lowest BCUT2D eigenvalue weighted by Crippen LogP contribution is -2.31. The van der Waals surface area contributed by atoms with E-state index < -0.39 is 0 Å². The second-order valence-electron chi connectivity index (χ2n) is 5.26. The van der Waals surface area contributed by atoms with Crippen LogP contribution < -0.4 is 4.90 Å². The normalized spacial score (nSPS) is 14.3. The predicted octanol–water partition coefficient (Wildman–Crippen LogP) is 3.98. The van der Waals surface area contributed by atoms with Crippen molar-refractivity contribution in [1.82, 2.24) is 0 Å². The summed E-state index contributed by atoms with van der Waals surface area (Å²) in [7, 11) is 1.67. The van der Waals surface area contributed by atoms with Crippen LogP contribution in [-0.2, 0) is 11.3 Å². The van der Waals surface area contributed by atoms with Gasteiger partial charge in [0.25, 0.3) is 5.91 Å². The molecule has 1 heterocycles. The maximum Gasteiger partial charge on any atom is 0.258 e. The molecule has 0 N–H and O–H groups in total. The quantitative estimate of drug-likeness (QED) is 0.858. The summed E-state index contributed by atoms with van der Waals surface area (Å²) >= 11 is 1.82. The van der Waals surface area contributed by atoms with Crippen molar-refractivity contribution in [1.29, 1.82) is 0 Å². The van der Waals surface area contributed by atoms with Gasteiger partial charge in [0.2, 0.25) is 0 Å². The first-order chi connectivity index (χ1) is 10.8. The number of ether oxygens (including phenoxy) is 1. The summed E-state index contributed by atoms with van der Waals surface area (Å²) in [5.74, 6) is 1.12. The highest BCUT2D eigenvalue weighted by atomic mass is 32.2. The first-order valence-corrected chi connectivity index (χ1v) is 8.40. The van der Waals surface area contributed by atoms with Crippen LogP contribution in [0.2, 0.25) is 0 Å². The number of para-hydroxylation sites is 1. The van der Waals surface area contributed by atoms with E-state index in [0.717, 1.165) is 35.5 Å². The van der Waals surface area contributed by atoms with Gasteiger partial charge in [0, 0.05) is 24.1 Å². The van der Waals surface area contributed by atoms with E-state index in [1.165, 1.54) is 4.90 Å². The number of hydrogen-bond acceptors (Lipinski definition) is 3. The number of nitrogens with zero attached hydrogens (tertiary/aromatic N) is 1. The fourth-order valence-electron chi connectivity index (χ4n) is 2.60. The predicted molar refractivity (Wildman–Crippen MR) is 90.6 cm³/mol. The number of thioether (sulfide) groups is 1. The van der Waals surface area contributed by atoms with Crippen molar-refractivity contribution in [3.05, 3.63) is 59.7 Å². The van der Waals surface area contributed by atoms with Gasteiger partial charge in [-0.15, -0.1) is 11.8 Å². The maximum absolute atomic E-state index is 12.9. The fraction of sp³-hybridized carbons (Fsp3) is 0.278. The zero-order chi connectivity index (χ0) is 15.4. The Labute approximate surface area is 135 Å². The molecule has 0 aromatic heterocycles. The van der Waals surface area contributed by atoms with Crippen LogP contribution in [0.3, 0.4) is 0 Å². The van der Waals surface area contributed by atoms with Crippen molar-refractivity contribution < 1.29 is 9.53 Å². The van der Waals surface area contributed by atoms with Gasteiger partial charge in [0.1, 0.15) is 0 Å². The van der Waals surface area contributed by atoms with Crippen molar-refractivity contribution in [3.63, 3.8) is 0 Å². The molecule has 0 saturated carbocycles. The number of fused-ring (bicyclic) bond motifs is 1. The molecule has 0 radical (unpaired) electrons. The Balaban J connectivity index is 1.88. The molecule has 3 rings (SSSR count). The Morgan fingerprint density at radius 3 is 2.73 bits per heavy atom. The van der Waals surface area contributed by atoms with Gasteiger partial charge < -0.3 is 9.64 Å². The minimum absolute atomic E-state index is 0.0684. The SMILES string of the molecule is COCc1ccc(C(=O)N2CCCSc3ccccc32)cc1. The van der Waals surface area contributed by atoms with E-state index in [2.05, 4.69) is 6.07 Å². The Kier molecular flexibility index (Phi) is 4.80. The summed E-state index contributed by atoms with van der Waals surface area (Å²) in [5.41, 5.74) is 2.82. The van der Waals surface area contributed by atoms with E-state index in [0.29, 0.717) is 6.61 Å². The zero-order valence-electron chi connectivity index (χ0n) is 12.6. The maximum atomic E-state index is 12.9. The van der Waals surface area contributed by atoms with Gasteiger partial charge in [-0.25, -0.2) is 0 Å². The van der Waals surface area contributed by atoms with Crippen LogP contribution in [0.4, 0.5) is 5.69 Å². The minimum atomic E-state index is 0.0684. The van der Waals surface area contributed by atoms with Gasteiger partial charge in [-0.1, -0.05) is 24.3 Å². The number of carbonyl (C=O) groups excluding carboxylic acids is 1. The summed E-state index contributed by atoms with van der Waals surface area (Å²) < 4.78 is 5.11. The van der Waals surface area contributed by atoms with Gasteiger partial charge in [-0.05, 0) is 42.0 Å². The van der Waals surface area contributed by atoms with Gasteiger partial charge in [0.15, 0.2) is 0 Å². The Morgan fingerprint density at radius 1 is 1.18 bits per heavy atom. The van der Waals surface area contributed by atoms with Crippen LogP contribution >= 0.6 is 11.8 Å². The van der Waals surface area contributed by atoms with Gasteiger partial charge >= 0.3 is 0 Å². The Bertz CT molecular complexity index is 654. The molecule has 1 aliphatic rings. The molecule has 0 atom stereocenters. The lowest BCUT2D eigenvalue weighted by Gasteiger charge is -2.22. The molecule has 22 heavy (non-hydrogen) atoms. The molecular weight excluding hydrogens is 294 g/mol. The van der Waals surface area contributed by atoms with Crippen molar-refractivity contribution in [2.75, 3.05) is 24.3 Å². The number of rotatable bonds is 3. The lowest BCUT2D eigenvalue weighted by molar-refractivity contribution is 0.0986. The zero-order valence-corrected chi connectivity index (χ0v) is 13.4. The highest BCUT2D eigenvalue weighted by Crippen LogP contribution is 2.34. The number of carbonyl (C=O) groups is 1. The van der Waals surface area contributed by atoms with Crippen LogP contribution in [0.1, 0.15) is 22.3 Å². The van der Waals surface area contributed by atoms with Crippen LogP contribution in [-0.4, -0.2) is 25.3 Å². The number of hydrogen-bond donors (Lipinski definition) is 0. The van der Waals surface area contributed by atoms with Gasteiger partial charge in [0.05, 0.1) is 12.3 Å². The van der Waals surface area contributed by atoms with Crippen LogP contribution in [0.5, 0.6) is 0 Å². The van der Waals surface area contributed by atoms with Crippen molar-refractivity contribution in [2.45, 2.75) is 17.9 Å². The Morgan fingerprint density at radius 2 is 1.95 bits per heavy atom. The van der Waals surface area contributed by atoms with E-state index in [4.69, 9.17) is 4.74 Å². The third-order valence-electron chi connectivity index (χ3n) is 3.70. The van der Waals surface area contributed by atoms with Crippen molar-refractivity contribution >= 4 is 23.4 Å². The number of anilines is 1. The average Bonchev–Trinajstić information content (AvgIpc) is 2.78. The van der Waals surface area contributed by atoms with Gasteiger partial charge in [-0.3, -0.25) is 4.79 Å². The molecule has 2 aromatic carbocycles. The summed E-state index contributed by atoms with van der Waals surface area (Å²) in [6, 6.07) is 15.8. The number of benzene rings is 2. The standard InChI is InChI=1S/C18H19NO2S/c1-21-13-14-7-9-15(10-8-14)18(20)19-11-4-12-22-17-6-3-2-5-16(17)19/h2-3,5-10H,4,11-13H2,1H3. The number of methoxy groups -OCH3 is 1. The van der Waals surface area contributed by atoms with E-state index >= 15 is 0 Å². The molecule has 4 heteroatoms. The fourth-order valence-corrected chi connectivity index (χ4v) is 3.60. The van der Waals surface area contributed by atoms with Crippen LogP contribution in [0.25, 0.3) is 0 Å². The molecule has 114 valence electrons. The minimum Gasteiger partial charge on any atom is -0.380 e. The van der Waals surface area contributed by atoms with E-state index in [-0.39, 0.29) is 5.91 Å². The molecular formula is C18H19NO2S. The summed E-state index contributed by atoms with van der Waals surface area (Å²) in [6.45, 7) is 1.33. The summed E-state index contributed by atoms with van der Waals surface area (Å²) in [4.78, 5) is 16.0. The smallest absolute Gasteiger partial charge is 0.258 e. The topological polar surface area (TPSA) is 29.5 Å². The molecule has 3 nitrogen and oxygen atoms in total. The highest BCUT2D eigenvalue weighted by Gasteiger charge is 2.22. The van der Waals surface area contributed by atoms with Crippen molar-refractivity contribution in [2.24, 2.45) is 0 Å². The molecule has 1 amide bonds. The molecule has 0 spiro atoms. The second kappa shape index (κ2) is 6.99. The summed E-state index contributed by atoms with van der Waals surface area (Å²) in [5, 5.41) is 0. The van der Waals surface area contributed by atoms with E-state index in [1.54, 1.807) is 7.11 Å². The monoisotopic (exact) mass is 313 g/mol. The van der Waals surface area contributed by atoms with E-state index in [9.17, 15) is 4.79 Å². The van der Waals surface area contributed by atoms with Gasteiger partial charge in [-0.2, -0.15) is 0 Å². The molecule has 0 aliphatic carbocycles. The van der Waals surface area contributed by atoms with E-state index in [1.807, 2.05) is 59.1 Å². The highest BCUT2D eigenvalue weighted by molar-refractivity contribution is 7.99. The third-order valence-corrected chi connectivity index (χ3v) is 4.85. The molecule has 0 saturated heterocycles.